The molecule has 1 aliphatic heterocycles. The summed E-state index contributed by atoms with van der Waals surface area (Å²) in [4.78, 5) is 29.5. The Balaban J connectivity index is 1.49. The van der Waals surface area contributed by atoms with Gasteiger partial charge >= 0.3 is 0 Å². The van der Waals surface area contributed by atoms with Crippen LogP contribution in [0.4, 0.5) is 0 Å². The highest BCUT2D eigenvalue weighted by atomic mass is 16.6. The van der Waals surface area contributed by atoms with Crippen molar-refractivity contribution in [2.75, 3.05) is 6.61 Å². The first-order chi connectivity index (χ1) is 18.1. The third-order valence-electron chi connectivity index (χ3n) is 6.98. The van der Waals surface area contributed by atoms with Crippen molar-refractivity contribution < 1.29 is 24.2 Å². The van der Waals surface area contributed by atoms with Crippen molar-refractivity contribution in [1.82, 2.24) is 10.2 Å². The molecule has 0 aromatic heterocycles. The van der Waals surface area contributed by atoms with Crippen LogP contribution in [0.2, 0.25) is 0 Å². The van der Waals surface area contributed by atoms with Gasteiger partial charge in [0.05, 0.1) is 0 Å². The number of benzene rings is 3. The predicted octanol–water partition coefficient (Wildman–Crippen LogP) is 4.75. The lowest BCUT2D eigenvalue weighted by atomic mass is 9.94. The van der Waals surface area contributed by atoms with Crippen LogP contribution in [0.1, 0.15) is 49.3 Å². The van der Waals surface area contributed by atoms with Crippen molar-refractivity contribution in [3.05, 3.63) is 90.0 Å². The fraction of sp³-hybridized carbons (Fsp3) is 0.333. The second-order valence-corrected chi connectivity index (χ2v) is 9.65. The molecule has 0 bridgehead atoms. The zero-order chi connectivity index (χ0) is 25.6. The Hall–Kier alpha value is -4.00. The summed E-state index contributed by atoms with van der Waals surface area (Å²) >= 11 is 0. The average molecular weight is 501 g/mol. The summed E-state index contributed by atoms with van der Waals surface area (Å²) in [5.41, 5.74) is 1.51. The van der Waals surface area contributed by atoms with Gasteiger partial charge in [-0.05, 0) is 48.2 Å². The smallest absolute Gasteiger partial charge is 0.268 e. The van der Waals surface area contributed by atoms with E-state index in [-0.39, 0.29) is 36.8 Å². The Morgan fingerprint density at radius 3 is 2.30 bits per heavy atom. The summed E-state index contributed by atoms with van der Waals surface area (Å²) in [6.45, 7) is 0.262. The van der Waals surface area contributed by atoms with E-state index in [1.807, 2.05) is 42.5 Å². The molecule has 37 heavy (non-hydrogen) atoms. The Morgan fingerprint density at radius 2 is 1.57 bits per heavy atom. The molecule has 1 saturated carbocycles. The summed E-state index contributed by atoms with van der Waals surface area (Å²) in [5.74, 6) is 0.608. The SMILES string of the molecule is O=C(NC1CCCCC1)[C@H](c1ccc(O)cc1)N(Cc1ccccc1)C(=O)[C@H]1COc2ccccc2O1. The van der Waals surface area contributed by atoms with Crippen LogP contribution in [0, 0.1) is 0 Å². The van der Waals surface area contributed by atoms with Gasteiger partial charge in [0.2, 0.25) is 12.0 Å². The summed E-state index contributed by atoms with van der Waals surface area (Å²) in [7, 11) is 0. The number of carbonyl (C=O) groups excluding carboxylic acids is 2. The number of fused-ring (bicyclic) bond motifs is 1. The van der Waals surface area contributed by atoms with Gasteiger partial charge in [-0.15, -0.1) is 0 Å². The van der Waals surface area contributed by atoms with Crippen molar-refractivity contribution in [2.24, 2.45) is 0 Å². The minimum absolute atomic E-state index is 0.0493. The maximum absolute atomic E-state index is 14.1. The van der Waals surface area contributed by atoms with Crippen molar-refractivity contribution in [1.29, 1.82) is 0 Å². The third kappa shape index (κ3) is 5.88. The second-order valence-electron chi connectivity index (χ2n) is 9.65. The van der Waals surface area contributed by atoms with E-state index in [4.69, 9.17) is 9.47 Å². The largest absolute Gasteiger partial charge is 0.508 e. The molecule has 1 heterocycles. The normalized spacial score (nSPS) is 18.0. The Morgan fingerprint density at radius 1 is 0.892 bits per heavy atom. The van der Waals surface area contributed by atoms with Gasteiger partial charge in [-0.25, -0.2) is 0 Å². The number of nitrogens with one attached hydrogen (secondary N) is 1. The summed E-state index contributed by atoms with van der Waals surface area (Å²) < 4.78 is 11.9. The summed E-state index contributed by atoms with van der Waals surface area (Å²) in [6, 6.07) is 22.5. The van der Waals surface area contributed by atoms with Gasteiger partial charge in [0.1, 0.15) is 18.4 Å². The minimum atomic E-state index is -0.906. The van der Waals surface area contributed by atoms with Gasteiger partial charge < -0.3 is 24.8 Å². The van der Waals surface area contributed by atoms with Gasteiger partial charge in [0.15, 0.2) is 11.5 Å². The molecule has 2 aliphatic rings. The number of rotatable bonds is 7. The minimum Gasteiger partial charge on any atom is -0.508 e. The molecule has 1 fully saturated rings. The van der Waals surface area contributed by atoms with Crippen LogP contribution in [-0.2, 0) is 16.1 Å². The molecule has 3 aromatic rings. The molecule has 0 spiro atoms. The molecule has 192 valence electrons. The average Bonchev–Trinajstić information content (AvgIpc) is 2.94. The number of phenolic OH excluding ortho intramolecular Hbond substituents is 1. The number of nitrogens with zero attached hydrogens (tertiary/aromatic N) is 1. The molecule has 2 amide bonds. The van der Waals surface area contributed by atoms with E-state index in [0.29, 0.717) is 17.1 Å². The molecule has 0 radical (unpaired) electrons. The molecule has 7 nitrogen and oxygen atoms in total. The fourth-order valence-electron chi connectivity index (χ4n) is 5.06. The standard InChI is InChI=1S/C30H32N2O5/c33-24-17-15-22(16-18-24)28(29(34)31-23-11-5-2-6-12-23)32(19-21-9-3-1-4-10-21)30(35)27-20-36-25-13-7-8-14-26(25)37-27/h1,3-4,7-10,13-18,23,27-28,33H,2,5-6,11-12,19-20H2,(H,31,34)/t27-,28+/m1/s1. The maximum Gasteiger partial charge on any atom is 0.268 e. The fourth-order valence-corrected chi connectivity index (χ4v) is 5.06. The molecule has 2 atom stereocenters. The summed E-state index contributed by atoms with van der Waals surface area (Å²) in [6.07, 6.45) is 4.28. The Labute approximate surface area is 217 Å². The second kappa shape index (κ2) is 11.4. The number of carbonyl (C=O) groups is 2. The number of hydrogen-bond donors (Lipinski definition) is 2. The van der Waals surface area contributed by atoms with Gasteiger partial charge in [0, 0.05) is 12.6 Å². The molecule has 1 aliphatic carbocycles. The van der Waals surface area contributed by atoms with E-state index >= 15 is 0 Å². The van der Waals surface area contributed by atoms with E-state index in [1.165, 1.54) is 18.6 Å². The van der Waals surface area contributed by atoms with Crippen molar-refractivity contribution in [2.45, 2.75) is 56.8 Å². The van der Waals surface area contributed by atoms with Crippen LogP contribution in [0.5, 0.6) is 17.2 Å². The zero-order valence-electron chi connectivity index (χ0n) is 20.7. The molecule has 5 rings (SSSR count). The number of aromatic hydroxyl groups is 1. The van der Waals surface area contributed by atoms with E-state index in [9.17, 15) is 14.7 Å². The first kappa shape index (κ1) is 24.7. The van der Waals surface area contributed by atoms with Crippen LogP contribution in [0.25, 0.3) is 0 Å². The highest BCUT2D eigenvalue weighted by molar-refractivity contribution is 5.91. The van der Waals surface area contributed by atoms with E-state index in [1.54, 1.807) is 29.2 Å². The first-order valence-electron chi connectivity index (χ1n) is 12.9. The topological polar surface area (TPSA) is 88.1 Å². The van der Waals surface area contributed by atoms with Gasteiger partial charge in [-0.1, -0.05) is 73.9 Å². The molecule has 3 aromatic carbocycles. The van der Waals surface area contributed by atoms with Crippen molar-refractivity contribution >= 4 is 11.8 Å². The number of hydrogen-bond acceptors (Lipinski definition) is 5. The Bertz CT molecular complexity index is 1210. The van der Waals surface area contributed by atoms with E-state index in [0.717, 1.165) is 31.2 Å². The number of amides is 2. The van der Waals surface area contributed by atoms with Crippen LogP contribution < -0.4 is 14.8 Å². The third-order valence-corrected chi connectivity index (χ3v) is 6.98. The number of ether oxygens (including phenoxy) is 2. The highest BCUT2D eigenvalue weighted by Crippen LogP contribution is 2.33. The zero-order valence-corrected chi connectivity index (χ0v) is 20.7. The molecule has 7 heteroatoms. The van der Waals surface area contributed by atoms with E-state index in [2.05, 4.69) is 5.32 Å². The monoisotopic (exact) mass is 500 g/mol. The highest BCUT2D eigenvalue weighted by Gasteiger charge is 2.38. The van der Waals surface area contributed by atoms with Crippen molar-refractivity contribution in [3.8, 4) is 17.2 Å². The van der Waals surface area contributed by atoms with E-state index < -0.39 is 12.1 Å². The summed E-state index contributed by atoms with van der Waals surface area (Å²) in [5, 5.41) is 13.1. The predicted molar refractivity (Wildman–Crippen MR) is 139 cm³/mol. The van der Waals surface area contributed by atoms with Gasteiger partial charge in [0.25, 0.3) is 5.91 Å². The van der Waals surface area contributed by atoms with Crippen LogP contribution in [0.3, 0.4) is 0 Å². The molecular formula is C30H32N2O5. The van der Waals surface area contributed by atoms with Crippen LogP contribution in [0.15, 0.2) is 78.9 Å². The molecular weight excluding hydrogens is 468 g/mol. The lowest BCUT2D eigenvalue weighted by Gasteiger charge is -2.36. The van der Waals surface area contributed by atoms with Crippen LogP contribution in [-0.4, -0.2) is 40.6 Å². The van der Waals surface area contributed by atoms with Crippen LogP contribution >= 0.6 is 0 Å². The number of phenols is 1. The van der Waals surface area contributed by atoms with Gasteiger partial charge in [-0.3, -0.25) is 9.59 Å². The number of para-hydroxylation sites is 2. The molecule has 0 saturated heterocycles. The quantitative estimate of drug-likeness (QED) is 0.489. The lowest BCUT2D eigenvalue weighted by Crippen LogP contribution is -2.52. The van der Waals surface area contributed by atoms with Crippen molar-refractivity contribution in [3.63, 3.8) is 0 Å². The van der Waals surface area contributed by atoms with Gasteiger partial charge in [-0.2, -0.15) is 0 Å². The Kier molecular flexibility index (Phi) is 7.59. The molecule has 2 N–H and O–H groups in total. The molecule has 0 unspecified atom stereocenters. The lowest BCUT2D eigenvalue weighted by molar-refractivity contribution is -0.149. The first-order valence-corrected chi connectivity index (χ1v) is 12.9. The maximum atomic E-state index is 14.1.